The molecule has 0 aliphatic carbocycles. The lowest BCUT2D eigenvalue weighted by atomic mass is 9.87. The molecule has 1 fully saturated rings. The highest BCUT2D eigenvalue weighted by atomic mass is 16.3. The molecule has 0 aromatic carbocycles. The predicted octanol–water partition coefficient (Wildman–Crippen LogP) is 3.15. The van der Waals surface area contributed by atoms with E-state index in [0.29, 0.717) is 6.61 Å². The summed E-state index contributed by atoms with van der Waals surface area (Å²) in [5, 5.41) is 9.50. The highest BCUT2D eigenvalue weighted by molar-refractivity contribution is 4.79. The molecule has 2 nitrogen and oxygen atoms in total. The lowest BCUT2D eigenvalue weighted by Crippen LogP contribution is -2.38. The molecule has 1 N–H and O–H groups in total. The number of nitrogens with zero attached hydrogens (tertiary/aromatic N) is 1. The van der Waals surface area contributed by atoms with Gasteiger partial charge in [0, 0.05) is 18.6 Å². The fourth-order valence-electron chi connectivity index (χ4n) is 2.82. The maximum absolute atomic E-state index is 9.50. The molecule has 17 heavy (non-hydrogen) atoms. The van der Waals surface area contributed by atoms with Crippen molar-refractivity contribution >= 4 is 0 Å². The van der Waals surface area contributed by atoms with Crippen LogP contribution in [0.2, 0.25) is 0 Å². The van der Waals surface area contributed by atoms with E-state index in [2.05, 4.69) is 32.6 Å². The van der Waals surface area contributed by atoms with Crippen molar-refractivity contribution in [3.8, 4) is 0 Å². The standard InChI is InChI=1S/C15H31NO/c1-5-15(4,12-17)11-16-9-6-7-14(8-10-16)13(2)3/h13-14,17H,5-12H2,1-4H3. The van der Waals surface area contributed by atoms with Crippen molar-refractivity contribution < 1.29 is 5.11 Å². The lowest BCUT2D eigenvalue weighted by Gasteiger charge is -2.33. The van der Waals surface area contributed by atoms with Gasteiger partial charge in [-0.1, -0.05) is 27.7 Å². The van der Waals surface area contributed by atoms with Crippen molar-refractivity contribution in [1.82, 2.24) is 4.90 Å². The predicted molar refractivity (Wildman–Crippen MR) is 74.1 cm³/mol. The van der Waals surface area contributed by atoms with Crippen LogP contribution in [-0.4, -0.2) is 36.2 Å². The summed E-state index contributed by atoms with van der Waals surface area (Å²) >= 11 is 0. The van der Waals surface area contributed by atoms with Crippen molar-refractivity contribution in [2.45, 2.75) is 53.4 Å². The van der Waals surface area contributed by atoms with Gasteiger partial charge in [-0.15, -0.1) is 0 Å². The SMILES string of the molecule is CCC(C)(CO)CN1CCCC(C(C)C)CC1. The van der Waals surface area contributed by atoms with Crippen molar-refractivity contribution in [3.05, 3.63) is 0 Å². The molecule has 0 spiro atoms. The highest BCUT2D eigenvalue weighted by Crippen LogP contribution is 2.27. The minimum atomic E-state index is 0.0949. The van der Waals surface area contributed by atoms with Crippen molar-refractivity contribution in [3.63, 3.8) is 0 Å². The Morgan fingerprint density at radius 2 is 2.00 bits per heavy atom. The summed E-state index contributed by atoms with van der Waals surface area (Å²) in [7, 11) is 0. The van der Waals surface area contributed by atoms with E-state index in [9.17, 15) is 5.11 Å². The number of likely N-dealkylation sites (tertiary alicyclic amines) is 1. The summed E-state index contributed by atoms with van der Waals surface area (Å²) in [4.78, 5) is 2.57. The van der Waals surface area contributed by atoms with E-state index in [1.807, 2.05) is 0 Å². The number of hydrogen-bond donors (Lipinski definition) is 1. The third kappa shape index (κ3) is 4.59. The van der Waals surface area contributed by atoms with Crippen molar-refractivity contribution in [2.24, 2.45) is 17.3 Å². The van der Waals surface area contributed by atoms with Gasteiger partial charge in [-0.2, -0.15) is 0 Å². The van der Waals surface area contributed by atoms with Gasteiger partial charge in [0.1, 0.15) is 0 Å². The topological polar surface area (TPSA) is 23.5 Å². The van der Waals surface area contributed by atoms with Gasteiger partial charge in [-0.05, 0) is 50.6 Å². The van der Waals surface area contributed by atoms with E-state index in [1.54, 1.807) is 0 Å². The van der Waals surface area contributed by atoms with Gasteiger partial charge in [0.2, 0.25) is 0 Å². The Morgan fingerprint density at radius 3 is 2.53 bits per heavy atom. The van der Waals surface area contributed by atoms with Gasteiger partial charge in [0.05, 0.1) is 0 Å². The van der Waals surface area contributed by atoms with Crippen LogP contribution in [0.3, 0.4) is 0 Å². The Labute approximate surface area is 107 Å². The zero-order valence-corrected chi connectivity index (χ0v) is 12.2. The van der Waals surface area contributed by atoms with Crippen LogP contribution in [0.1, 0.15) is 53.4 Å². The molecule has 102 valence electrons. The molecule has 1 rings (SSSR count). The summed E-state index contributed by atoms with van der Waals surface area (Å²) in [6, 6.07) is 0. The van der Waals surface area contributed by atoms with Crippen LogP contribution in [-0.2, 0) is 0 Å². The fraction of sp³-hybridized carbons (Fsp3) is 1.00. The van der Waals surface area contributed by atoms with Gasteiger partial charge in [0.25, 0.3) is 0 Å². The molecule has 1 saturated heterocycles. The molecular weight excluding hydrogens is 210 g/mol. The van der Waals surface area contributed by atoms with E-state index >= 15 is 0 Å². The second-order valence-electron chi connectivity index (χ2n) is 6.53. The third-order valence-electron chi connectivity index (χ3n) is 4.65. The first-order valence-corrected chi connectivity index (χ1v) is 7.34. The Hall–Kier alpha value is -0.0800. The lowest BCUT2D eigenvalue weighted by molar-refractivity contribution is 0.0853. The second-order valence-corrected chi connectivity index (χ2v) is 6.53. The maximum Gasteiger partial charge on any atom is 0.0496 e. The van der Waals surface area contributed by atoms with Crippen LogP contribution < -0.4 is 0 Å². The Balaban J connectivity index is 2.46. The third-order valence-corrected chi connectivity index (χ3v) is 4.65. The molecule has 0 amide bonds. The first-order valence-electron chi connectivity index (χ1n) is 7.34. The van der Waals surface area contributed by atoms with Gasteiger partial charge in [-0.3, -0.25) is 0 Å². The Kier molecular flexibility index (Phi) is 5.94. The zero-order valence-electron chi connectivity index (χ0n) is 12.2. The van der Waals surface area contributed by atoms with E-state index < -0.39 is 0 Å². The largest absolute Gasteiger partial charge is 0.396 e. The molecular formula is C15H31NO. The van der Waals surface area contributed by atoms with Crippen molar-refractivity contribution in [2.75, 3.05) is 26.2 Å². The number of rotatable bonds is 5. The van der Waals surface area contributed by atoms with Gasteiger partial charge in [0.15, 0.2) is 0 Å². The molecule has 0 aromatic rings. The molecule has 2 atom stereocenters. The Bertz CT molecular complexity index is 211. The monoisotopic (exact) mass is 241 g/mol. The minimum Gasteiger partial charge on any atom is -0.396 e. The van der Waals surface area contributed by atoms with E-state index in [0.717, 1.165) is 24.8 Å². The summed E-state index contributed by atoms with van der Waals surface area (Å²) in [6.45, 7) is 12.9. The summed E-state index contributed by atoms with van der Waals surface area (Å²) in [5.74, 6) is 1.73. The molecule has 0 aromatic heterocycles. The van der Waals surface area contributed by atoms with Crippen LogP contribution in [0.5, 0.6) is 0 Å². The van der Waals surface area contributed by atoms with Gasteiger partial charge >= 0.3 is 0 Å². The van der Waals surface area contributed by atoms with Crippen LogP contribution >= 0.6 is 0 Å². The molecule has 0 radical (unpaired) electrons. The normalized spacial score (nSPS) is 26.8. The average Bonchev–Trinajstić information content (AvgIpc) is 2.54. The minimum absolute atomic E-state index is 0.0949. The Morgan fingerprint density at radius 1 is 1.29 bits per heavy atom. The summed E-state index contributed by atoms with van der Waals surface area (Å²) < 4.78 is 0. The number of aliphatic hydroxyl groups excluding tert-OH is 1. The van der Waals surface area contributed by atoms with Crippen molar-refractivity contribution in [1.29, 1.82) is 0 Å². The molecule has 0 bridgehead atoms. The van der Waals surface area contributed by atoms with Crippen LogP contribution in [0.15, 0.2) is 0 Å². The van der Waals surface area contributed by atoms with Crippen LogP contribution in [0.25, 0.3) is 0 Å². The smallest absolute Gasteiger partial charge is 0.0496 e. The summed E-state index contributed by atoms with van der Waals surface area (Å²) in [6.07, 6.45) is 5.11. The number of aliphatic hydroxyl groups is 1. The molecule has 2 unspecified atom stereocenters. The average molecular weight is 241 g/mol. The molecule has 1 aliphatic rings. The zero-order chi connectivity index (χ0) is 12.9. The quantitative estimate of drug-likeness (QED) is 0.799. The highest BCUT2D eigenvalue weighted by Gasteiger charge is 2.26. The summed E-state index contributed by atoms with van der Waals surface area (Å²) in [5.41, 5.74) is 0.0949. The van der Waals surface area contributed by atoms with E-state index in [1.165, 1.54) is 32.4 Å². The number of hydrogen-bond acceptors (Lipinski definition) is 2. The first kappa shape index (κ1) is 15.0. The molecule has 2 heteroatoms. The second kappa shape index (κ2) is 6.75. The molecule has 0 saturated carbocycles. The first-order chi connectivity index (χ1) is 8.00. The molecule has 1 heterocycles. The van der Waals surface area contributed by atoms with E-state index in [4.69, 9.17) is 0 Å². The maximum atomic E-state index is 9.50. The molecule has 1 aliphatic heterocycles. The van der Waals surface area contributed by atoms with Crippen LogP contribution in [0.4, 0.5) is 0 Å². The van der Waals surface area contributed by atoms with Crippen LogP contribution in [0, 0.1) is 17.3 Å². The van der Waals surface area contributed by atoms with Gasteiger partial charge < -0.3 is 10.0 Å². The van der Waals surface area contributed by atoms with E-state index in [-0.39, 0.29) is 5.41 Å². The van der Waals surface area contributed by atoms with Gasteiger partial charge in [-0.25, -0.2) is 0 Å². The fourth-order valence-corrected chi connectivity index (χ4v) is 2.82.